The van der Waals surface area contributed by atoms with Gasteiger partial charge in [-0.1, -0.05) is 63.3 Å². The average molecular weight is 264 g/mol. The van der Waals surface area contributed by atoms with Gasteiger partial charge in [-0.2, -0.15) is 0 Å². The van der Waals surface area contributed by atoms with E-state index in [2.05, 4.69) is 13.0 Å². The van der Waals surface area contributed by atoms with Gasteiger partial charge in [0, 0.05) is 10.3 Å². The van der Waals surface area contributed by atoms with Gasteiger partial charge in [0.05, 0.1) is 10.8 Å². The summed E-state index contributed by atoms with van der Waals surface area (Å²) >= 11 is 0. The molecule has 1 aromatic carbocycles. The molecule has 1 aromatic rings. The van der Waals surface area contributed by atoms with Crippen molar-refractivity contribution < 1.29 is 4.21 Å². The van der Waals surface area contributed by atoms with Crippen LogP contribution in [0.1, 0.15) is 51.9 Å². The van der Waals surface area contributed by atoms with Crippen LogP contribution in [0.15, 0.2) is 46.7 Å². The first-order valence-corrected chi connectivity index (χ1v) is 8.18. The van der Waals surface area contributed by atoms with Gasteiger partial charge < -0.3 is 0 Å². The van der Waals surface area contributed by atoms with E-state index in [1.807, 2.05) is 35.7 Å². The molecule has 0 amide bonds. The van der Waals surface area contributed by atoms with E-state index in [4.69, 9.17) is 0 Å². The number of unbranched alkanes of at least 4 members (excludes halogenated alkanes) is 6. The van der Waals surface area contributed by atoms with Gasteiger partial charge >= 0.3 is 0 Å². The van der Waals surface area contributed by atoms with Gasteiger partial charge in [-0.15, -0.1) is 0 Å². The van der Waals surface area contributed by atoms with E-state index >= 15 is 0 Å². The molecule has 0 bridgehead atoms. The van der Waals surface area contributed by atoms with Crippen molar-refractivity contribution in [1.82, 2.24) is 0 Å². The number of rotatable bonds is 9. The fourth-order valence-electron chi connectivity index (χ4n) is 1.83. The van der Waals surface area contributed by atoms with Crippen LogP contribution in [0, 0.1) is 0 Å². The van der Waals surface area contributed by atoms with E-state index < -0.39 is 10.8 Å². The Morgan fingerprint density at radius 2 is 1.67 bits per heavy atom. The molecule has 0 aliphatic carbocycles. The minimum atomic E-state index is -0.974. The third-order valence-electron chi connectivity index (χ3n) is 2.92. The van der Waals surface area contributed by atoms with Gasteiger partial charge in [0.1, 0.15) is 0 Å². The summed E-state index contributed by atoms with van der Waals surface area (Å²) in [6, 6.07) is 9.61. The Hall–Kier alpha value is -0.890. The molecule has 1 rings (SSSR count). The summed E-state index contributed by atoms with van der Waals surface area (Å²) in [6.45, 7) is 2.24. The van der Waals surface area contributed by atoms with Crippen molar-refractivity contribution in [1.29, 1.82) is 0 Å². The van der Waals surface area contributed by atoms with Crippen LogP contribution < -0.4 is 0 Å². The highest BCUT2D eigenvalue weighted by molar-refractivity contribution is 7.88. The Morgan fingerprint density at radius 1 is 1.00 bits per heavy atom. The normalized spacial score (nSPS) is 12.9. The molecule has 0 spiro atoms. The Bertz CT molecular complexity index is 357. The molecule has 100 valence electrons. The number of benzene rings is 1. The van der Waals surface area contributed by atoms with E-state index in [1.165, 1.54) is 38.5 Å². The molecule has 0 fully saturated rings. The fraction of sp³-hybridized carbons (Fsp3) is 0.500. The molecule has 1 atom stereocenters. The molecule has 18 heavy (non-hydrogen) atoms. The zero-order valence-corrected chi connectivity index (χ0v) is 12.1. The van der Waals surface area contributed by atoms with E-state index in [1.54, 1.807) is 0 Å². The first kappa shape index (κ1) is 15.2. The molecule has 0 saturated carbocycles. The molecule has 0 aromatic heterocycles. The zero-order chi connectivity index (χ0) is 13.1. The van der Waals surface area contributed by atoms with Crippen molar-refractivity contribution in [2.45, 2.75) is 56.8 Å². The van der Waals surface area contributed by atoms with E-state index in [0.29, 0.717) is 0 Å². The minimum absolute atomic E-state index is 0.886. The number of hydrogen-bond acceptors (Lipinski definition) is 1. The largest absolute Gasteiger partial charge is 0.250 e. The summed E-state index contributed by atoms with van der Waals surface area (Å²) in [5, 5.41) is 1.82. The Kier molecular flexibility index (Phi) is 8.49. The van der Waals surface area contributed by atoms with Gasteiger partial charge in [0.2, 0.25) is 0 Å². The molecule has 0 aliphatic rings. The topological polar surface area (TPSA) is 17.1 Å². The molecule has 1 unspecified atom stereocenters. The van der Waals surface area contributed by atoms with Gasteiger partial charge in [0.15, 0.2) is 0 Å². The van der Waals surface area contributed by atoms with Crippen molar-refractivity contribution in [3.05, 3.63) is 41.8 Å². The molecule has 0 aliphatic heterocycles. The molecule has 0 heterocycles. The Balaban J connectivity index is 2.12. The van der Waals surface area contributed by atoms with Crippen molar-refractivity contribution in [2.75, 3.05) is 0 Å². The lowest BCUT2D eigenvalue weighted by Crippen LogP contribution is -1.85. The second kappa shape index (κ2) is 10.1. The van der Waals surface area contributed by atoms with Crippen LogP contribution in [0.3, 0.4) is 0 Å². The van der Waals surface area contributed by atoms with Crippen LogP contribution >= 0.6 is 0 Å². The number of allylic oxidation sites excluding steroid dienone is 1. The number of hydrogen-bond donors (Lipinski definition) is 0. The maximum absolute atomic E-state index is 11.8. The van der Waals surface area contributed by atoms with Crippen LogP contribution in [-0.2, 0) is 10.8 Å². The molecule has 0 N–H and O–H groups in total. The second-order valence-electron chi connectivity index (χ2n) is 4.54. The van der Waals surface area contributed by atoms with Crippen molar-refractivity contribution in [2.24, 2.45) is 0 Å². The maximum atomic E-state index is 11.8. The molecule has 1 nitrogen and oxygen atoms in total. The van der Waals surface area contributed by atoms with Crippen LogP contribution in [0.2, 0.25) is 0 Å². The zero-order valence-electron chi connectivity index (χ0n) is 11.3. The van der Waals surface area contributed by atoms with Gasteiger partial charge in [0.25, 0.3) is 0 Å². The summed E-state index contributed by atoms with van der Waals surface area (Å²) in [7, 11) is -0.974. The van der Waals surface area contributed by atoms with Crippen LogP contribution in [-0.4, -0.2) is 4.21 Å². The van der Waals surface area contributed by atoms with Crippen molar-refractivity contribution in [3.63, 3.8) is 0 Å². The summed E-state index contributed by atoms with van der Waals surface area (Å²) in [6.07, 6.45) is 11.0. The lowest BCUT2D eigenvalue weighted by Gasteiger charge is -1.98. The van der Waals surface area contributed by atoms with Crippen LogP contribution in [0.25, 0.3) is 0 Å². The lowest BCUT2D eigenvalue weighted by atomic mass is 10.1. The third kappa shape index (κ3) is 6.75. The van der Waals surface area contributed by atoms with Crippen molar-refractivity contribution >= 4 is 10.8 Å². The van der Waals surface area contributed by atoms with E-state index in [9.17, 15) is 4.21 Å². The third-order valence-corrected chi connectivity index (χ3v) is 4.10. The van der Waals surface area contributed by atoms with Gasteiger partial charge in [-0.05, 0) is 25.0 Å². The molecular weight excluding hydrogens is 240 g/mol. The van der Waals surface area contributed by atoms with E-state index in [0.717, 1.165) is 11.3 Å². The maximum Gasteiger partial charge on any atom is 0.0772 e. The van der Waals surface area contributed by atoms with Crippen molar-refractivity contribution in [3.8, 4) is 0 Å². The predicted octanol–water partition coefficient (Wildman–Crippen LogP) is 5.06. The standard InChI is InChI=1S/C16H24OS/c1-2-3-4-5-6-7-8-12-15-18(17)16-13-10-9-11-14-16/h9-15H,2-8H2,1H3/b15-12+. The average Bonchev–Trinajstić information content (AvgIpc) is 2.42. The minimum Gasteiger partial charge on any atom is -0.250 e. The summed E-state index contributed by atoms with van der Waals surface area (Å²) < 4.78 is 11.8. The fourth-order valence-corrected chi connectivity index (χ4v) is 2.72. The van der Waals surface area contributed by atoms with Gasteiger partial charge in [-0.25, -0.2) is 4.21 Å². The highest BCUT2D eigenvalue weighted by Gasteiger charge is 1.96. The molecule has 0 radical (unpaired) electrons. The Labute approximate surface area is 114 Å². The van der Waals surface area contributed by atoms with E-state index in [-0.39, 0.29) is 0 Å². The quantitative estimate of drug-likeness (QED) is 0.570. The highest BCUT2D eigenvalue weighted by atomic mass is 32.2. The molecular formula is C16H24OS. The van der Waals surface area contributed by atoms with Crippen LogP contribution in [0.5, 0.6) is 0 Å². The Morgan fingerprint density at radius 3 is 2.39 bits per heavy atom. The summed E-state index contributed by atoms with van der Waals surface area (Å²) in [5.74, 6) is 0. The monoisotopic (exact) mass is 264 g/mol. The lowest BCUT2D eigenvalue weighted by molar-refractivity contribution is 0.611. The van der Waals surface area contributed by atoms with Gasteiger partial charge in [-0.3, -0.25) is 0 Å². The summed E-state index contributed by atoms with van der Waals surface area (Å²) in [5.41, 5.74) is 0. The second-order valence-corrected chi connectivity index (χ2v) is 5.88. The smallest absolute Gasteiger partial charge is 0.0772 e. The first-order valence-electron chi connectivity index (χ1n) is 6.97. The highest BCUT2D eigenvalue weighted by Crippen LogP contribution is 2.09. The predicted molar refractivity (Wildman–Crippen MR) is 80.0 cm³/mol. The molecule has 0 saturated heterocycles. The SMILES string of the molecule is CCCCCCCC/C=C/S(=O)c1ccccc1. The molecule has 2 heteroatoms. The summed E-state index contributed by atoms with van der Waals surface area (Å²) in [4.78, 5) is 0.886. The first-order chi connectivity index (χ1) is 8.84. The van der Waals surface area contributed by atoms with Crippen LogP contribution in [0.4, 0.5) is 0 Å².